The maximum atomic E-state index is 12.4. The Labute approximate surface area is 135 Å². The number of thiophene rings is 1. The molecule has 0 atom stereocenters. The molecule has 9 heteroatoms. The fourth-order valence-corrected chi connectivity index (χ4v) is 2.51. The van der Waals surface area contributed by atoms with E-state index in [-0.39, 0.29) is 10.6 Å². The van der Waals surface area contributed by atoms with E-state index in [2.05, 4.69) is 0 Å². The molecule has 0 radical (unpaired) electrons. The number of hydrogen-bond acceptors (Lipinski definition) is 4. The molecule has 3 N–H and O–H groups in total. The van der Waals surface area contributed by atoms with Gasteiger partial charge in [0.25, 0.3) is 10.1 Å². The summed E-state index contributed by atoms with van der Waals surface area (Å²) in [4.78, 5) is 11.3. The smallest absolute Gasteiger partial charge is 0.287 e. The van der Waals surface area contributed by atoms with Crippen LogP contribution < -0.4 is 5.73 Å². The van der Waals surface area contributed by atoms with E-state index in [1.54, 1.807) is 12.1 Å². The van der Waals surface area contributed by atoms with E-state index < -0.39 is 21.8 Å². The van der Waals surface area contributed by atoms with Crippen molar-refractivity contribution >= 4 is 45.0 Å². The third kappa shape index (κ3) is 6.81. The highest BCUT2D eigenvalue weighted by Gasteiger charge is 2.05. The van der Waals surface area contributed by atoms with Gasteiger partial charge >= 0.3 is 0 Å². The molecular formula is C13H11ClFNO4S2. The Morgan fingerprint density at radius 1 is 1.36 bits per heavy atom. The normalized spacial score (nSPS) is 11.0. The molecule has 1 heterocycles. The number of benzene rings is 1. The summed E-state index contributed by atoms with van der Waals surface area (Å²) >= 11 is 6.88. The van der Waals surface area contributed by atoms with Gasteiger partial charge in [0.15, 0.2) is 0 Å². The summed E-state index contributed by atoms with van der Waals surface area (Å²) in [5, 5.41) is 2.63. The van der Waals surface area contributed by atoms with Crippen molar-refractivity contribution in [2.75, 3.05) is 0 Å². The highest BCUT2D eigenvalue weighted by molar-refractivity contribution is 7.88. The summed E-state index contributed by atoms with van der Waals surface area (Å²) in [5.41, 5.74) is 5.05. The van der Waals surface area contributed by atoms with Crippen LogP contribution in [-0.2, 0) is 10.1 Å². The minimum absolute atomic E-state index is 0.0394. The third-order valence-corrected chi connectivity index (χ3v) is 3.77. The molecule has 0 aliphatic heterocycles. The number of halogens is 2. The van der Waals surface area contributed by atoms with Crippen LogP contribution in [0.5, 0.6) is 0 Å². The molecule has 0 fully saturated rings. The van der Waals surface area contributed by atoms with Crippen molar-refractivity contribution in [1.82, 2.24) is 0 Å². The first kappa shape index (κ1) is 18.3. The predicted molar refractivity (Wildman–Crippen MR) is 84.8 cm³/mol. The lowest BCUT2D eigenvalue weighted by atomic mass is 10.2. The van der Waals surface area contributed by atoms with Crippen molar-refractivity contribution in [2.24, 2.45) is 5.73 Å². The third-order valence-electron chi connectivity index (χ3n) is 2.14. The first-order chi connectivity index (χ1) is 10.2. The Morgan fingerprint density at radius 3 is 2.50 bits per heavy atom. The molecular weight excluding hydrogens is 353 g/mol. The average molecular weight is 364 g/mol. The monoisotopic (exact) mass is 363 g/mol. The van der Waals surface area contributed by atoms with Crippen molar-refractivity contribution in [2.45, 2.75) is 0 Å². The van der Waals surface area contributed by atoms with Gasteiger partial charge in [-0.3, -0.25) is 9.35 Å². The summed E-state index contributed by atoms with van der Waals surface area (Å²) in [6.45, 7) is 0. The van der Waals surface area contributed by atoms with Crippen LogP contribution in [0.2, 0.25) is 5.02 Å². The number of amides is 1. The number of nitrogens with two attached hydrogens (primary N) is 1. The summed E-state index contributed by atoms with van der Waals surface area (Å²) in [6, 6.07) is 6.98. The van der Waals surface area contributed by atoms with Crippen molar-refractivity contribution in [3.8, 4) is 0 Å². The molecule has 0 bridgehead atoms. The molecule has 2 aromatic rings. The molecule has 0 saturated carbocycles. The average Bonchev–Trinajstić information content (AvgIpc) is 2.89. The van der Waals surface area contributed by atoms with Gasteiger partial charge in [-0.25, -0.2) is 4.39 Å². The fraction of sp³-hybridized carbons (Fsp3) is 0. The van der Waals surface area contributed by atoms with E-state index in [9.17, 15) is 17.6 Å². The van der Waals surface area contributed by atoms with Crippen LogP contribution in [0.1, 0.15) is 15.2 Å². The van der Waals surface area contributed by atoms with E-state index in [0.29, 0.717) is 0 Å². The fourth-order valence-electron chi connectivity index (χ4n) is 1.23. The molecule has 1 amide bonds. The largest absolute Gasteiger partial charge is 0.366 e. The Morgan fingerprint density at radius 2 is 2.05 bits per heavy atom. The zero-order valence-corrected chi connectivity index (χ0v) is 13.3. The zero-order valence-electron chi connectivity index (χ0n) is 10.9. The van der Waals surface area contributed by atoms with E-state index in [4.69, 9.17) is 21.9 Å². The lowest BCUT2D eigenvalue weighted by molar-refractivity contribution is 0.100. The number of primary amides is 1. The summed E-state index contributed by atoms with van der Waals surface area (Å²) in [5.74, 6) is -1.14. The van der Waals surface area contributed by atoms with Gasteiger partial charge in [0.2, 0.25) is 5.91 Å². The molecule has 0 aliphatic carbocycles. The first-order valence-electron chi connectivity index (χ1n) is 5.63. The van der Waals surface area contributed by atoms with Crippen molar-refractivity contribution < 1.29 is 22.2 Å². The molecule has 1 aromatic carbocycles. The maximum Gasteiger partial charge on any atom is 0.287 e. The van der Waals surface area contributed by atoms with Gasteiger partial charge in [0.1, 0.15) is 5.82 Å². The molecule has 5 nitrogen and oxygen atoms in total. The molecule has 0 saturated heterocycles. The van der Waals surface area contributed by atoms with Crippen molar-refractivity contribution in [3.63, 3.8) is 0 Å². The predicted octanol–water partition coefficient (Wildman–Crippen LogP) is 3.18. The standard InChI is InChI=1S/C7H5ClFNO.C6H6O3S2/c8-6-3-4(9)1-2-5(6)7(10)11;7-11(8,9)5-3-6-2-1-4-10-6/h1-3H,(H2,10,11);1-5H,(H,7,8,9)/b;5-3+. The zero-order chi connectivity index (χ0) is 16.8. The molecule has 0 aliphatic rings. The molecule has 1 aromatic heterocycles. The Kier molecular flexibility index (Phi) is 6.69. The van der Waals surface area contributed by atoms with Gasteiger partial charge in [0.05, 0.1) is 16.0 Å². The van der Waals surface area contributed by atoms with Crippen LogP contribution in [0.4, 0.5) is 4.39 Å². The molecule has 2 rings (SSSR count). The van der Waals surface area contributed by atoms with E-state index in [1.165, 1.54) is 23.5 Å². The topological polar surface area (TPSA) is 97.5 Å². The Bertz CT molecular complexity index is 773. The first-order valence-corrected chi connectivity index (χ1v) is 8.39. The van der Waals surface area contributed by atoms with Crippen LogP contribution in [0, 0.1) is 5.82 Å². The van der Waals surface area contributed by atoms with Crippen LogP contribution in [0.15, 0.2) is 41.1 Å². The maximum absolute atomic E-state index is 12.4. The molecule has 22 heavy (non-hydrogen) atoms. The summed E-state index contributed by atoms with van der Waals surface area (Å²) in [6.07, 6.45) is 1.35. The van der Waals surface area contributed by atoms with E-state index in [0.717, 1.165) is 22.4 Å². The Balaban J connectivity index is 0.000000220. The second-order valence-corrected chi connectivity index (χ2v) is 6.51. The molecule has 0 unspecified atom stereocenters. The minimum Gasteiger partial charge on any atom is -0.366 e. The lowest BCUT2D eigenvalue weighted by Gasteiger charge is -1.97. The van der Waals surface area contributed by atoms with E-state index in [1.807, 2.05) is 5.38 Å². The van der Waals surface area contributed by atoms with Crippen molar-refractivity contribution in [3.05, 3.63) is 62.4 Å². The molecule has 0 spiro atoms. The quantitative estimate of drug-likeness (QED) is 0.818. The number of hydrogen-bond donors (Lipinski definition) is 2. The number of carbonyl (C=O) groups is 1. The Hall–Kier alpha value is -1.74. The second-order valence-electron chi connectivity index (χ2n) is 3.82. The van der Waals surface area contributed by atoms with Crippen LogP contribution >= 0.6 is 22.9 Å². The second kappa shape index (κ2) is 8.04. The van der Waals surface area contributed by atoms with Gasteiger partial charge in [-0.1, -0.05) is 17.7 Å². The highest BCUT2D eigenvalue weighted by atomic mass is 35.5. The van der Waals surface area contributed by atoms with Crippen LogP contribution in [-0.4, -0.2) is 18.9 Å². The van der Waals surface area contributed by atoms with Crippen LogP contribution in [0.3, 0.4) is 0 Å². The van der Waals surface area contributed by atoms with Gasteiger partial charge < -0.3 is 5.73 Å². The van der Waals surface area contributed by atoms with Gasteiger partial charge in [-0.15, -0.1) is 11.3 Å². The SMILES string of the molecule is NC(=O)c1ccc(F)cc1Cl.O=S(=O)(O)/C=C/c1cccs1. The minimum atomic E-state index is -3.97. The molecule has 118 valence electrons. The van der Waals surface area contributed by atoms with Gasteiger partial charge in [-0.05, 0) is 35.7 Å². The van der Waals surface area contributed by atoms with Gasteiger partial charge in [-0.2, -0.15) is 8.42 Å². The van der Waals surface area contributed by atoms with Crippen molar-refractivity contribution in [1.29, 1.82) is 0 Å². The number of rotatable bonds is 3. The van der Waals surface area contributed by atoms with Crippen LogP contribution in [0.25, 0.3) is 6.08 Å². The lowest BCUT2D eigenvalue weighted by Crippen LogP contribution is -2.11. The summed E-state index contributed by atoms with van der Waals surface area (Å²) < 4.78 is 41.1. The number of carbonyl (C=O) groups excluding carboxylic acids is 1. The highest BCUT2D eigenvalue weighted by Crippen LogP contribution is 2.16. The van der Waals surface area contributed by atoms with Gasteiger partial charge in [0, 0.05) is 4.88 Å². The summed E-state index contributed by atoms with van der Waals surface area (Å²) in [7, 11) is -3.97. The van der Waals surface area contributed by atoms with E-state index >= 15 is 0 Å².